The van der Waals surface area contributed by atoms with Gasteiger partial charge in [0.05, 0.1) is 5.69 Å². The molecule has 0 unspecified atom stereocenters. The zero-order valence-electron chi connectivity index (χ0n) is 18.7. The van der Waals surface area contributed by atoms with Crippen LogP contribution in [-0.4, -0.2) is 19.7 Å². The molecule has 4 nitrogen and oxygen atoms in total. The standard InChI is InChI=1S/C29H21ClN4S/c30-22-16-17-25-24(18-22)26(21-12-6-2-7-13-21)27(31-25)28-32-33-29(34(28)23-14-8-3-9-15-23)35-19-20-10-4-1-5-11-20/h1-18,31H,19H2. The summed E-state index contributed by atoms with van der Waals surface area (Å²) >= 11 is 8.09. The third kappa shape index (κ3) is 4.25. The minimum absolute atomic E-state index is 0.698. The van der Waals surface area contributed by atoms with Crippen molar-refractivity contribution in [3.05, 3.63) is 120 Å². The summed E-state index contributed by atoms with van der Waals surface area (Å²) in [4.78, 5) is 3.61. The molecule has 0 atom stereocenters. The second-order valence-corrected chi connectivity index (χ2v) is 9.56. The molecule has 6 aromatic rings. The summed E-state index contributed by atoms with van der Waals surface area (Å²) in [6, 6.07) is 36.9. The summed E-state index contributed by atoms with van der Waals surface area (Å²) in [5, 5.41) is 11.9. The van der Waals surface area contributed by atoms with Crippen molar-refractivity contribution in [1.82, 2.24) is 19.7 Å². The van der Waals surface area contributed by atoms with Crippen LogP contribution in [0.1, 0.15) is 5.56 Å². The molecule has 35 heavy (non-hydrogen) atoms. The van der Waals surface area contributed by atoms with E-state index in [1.54, 1.807) is 11.8 Å². The summed E-state index contributed by atoms with van der Waals surface area (Å²) < 4.78 is 2.13. The summed E-state index contributed by atoms with van der Waals surface area (Å²) in [6.07, 6.45) is 0. The highest BCUT2D eigenvalue weighted by Crippen LogP contribution is 2.40. The van der Waals surface area contributed by atoms with Gasteiger partial charge in [0.2, 0.25) is 0 Å². The van der Waals surface area contributed by atoms with Crippen LogP contribution in [0.4, 0.5) is 0 Å². The van der Waals surface area contributed by atoms with Crippen LogP contribution in [0.25, 0.3) is 39.2 Å². The normalized spacial score (nSPS) is 11.2. The van der Waals surface area contributed by atoms with Crippen molar-refractivity contribution in [3.8, 4) is 28.3 Å². The van der Waals surface area contributed by atoms with Gasteiger partial charge in [0, 0.05) is 32.9 Å². The number of para-hydroxylation sites is 1. The van der Waals surface area contributed by atoms with Crippen molar-refractivity contribution >= 4 is 34.3 Å². The van der Waals surface area contributed by atoms with E-state index in [4.69, 9.17) is 16.7 Å². The number of aromatic nitrogens is 4. The summed E-state index contributed by atoms with van der Waals surface area (Å²) in [5.74, 6) is 1.57. The SMILES string of the molecule is Clc1ccc2[nH]c(-c3nnc(SCc4ccccc4)n3-c3ccccc3)c(-c3ccccc3)c2c1. The number of nitrogens with one attached hydrogen (secondary N) is 1. The predicted octanol–water partition coefficient (Wildman–Crippen LogP) is 8.03. The number of nitrogens with zero attached hydrogens (tertiary/aromatic N) is 3. The maximum absolute atomic E-state index is 6.41. The van der Waals surface area contributed by atoms with Gasteiger partial charge in [0.1, 0.15) is 0 Å². The third-order valence-corrected chi connectivity index (χ3v) is 7.14. The van der Waals surface area contributed by atoms with E-state index in [1.807, 2.05) is 60.7 Å². The molecule has 4 aromatic carbocycles. The van der Waals surface area contributed by atoms with Crippen LogP contribution in [0, 0.1) is 0 Å². The number of fused-ring (bicyclic) bond motifs is 1. The average molecular weight is 493 g/mol. The van der Waals surface area contributed by atoms with Gasteiger partial charge in [-0.3, -0.25) is 4.57 Å². The van der Waals surface area contributed by atoms with E-state index in [0.29, 0.717) is 5.02 Å². The lowest BCUT2D eigenvalue weighted by atomic mass is 10.0. The Hall–Kier alpha value is -3.80. The van der Waals surface area contributed by atoms with Crippen molar-refractivity contribution in [2.45, 2.75) is 10.9 Å². The first-order valence-electron chi connectivity index (χ1n) is 11.3. The molecule has 2 aromatic heterocycles. The molecule has 0 aliphatic carbocycles. The van der Waals surface area contributed by atoms with Gasteiger partial charge in [-0.2, -0.15) is 0 Å². The zero-order valence-corrected chi connectivity index (χ0v) is 20.3. The molecule has 170 valence electrons. The molecular formula is C29H21ClN4S. The number of halogens is 1. The molecule has 0 saturated carbocycles. The van der Waals surface area contributed by atoms with E-state index in [-0.39, 0.29) is 0 Å². The van der Waals surface area contributed by atoms with E-state index in [2.05, 4.69) is 63.2 Å². The Kier molecular flexibility index (Phi) is 5.86. The van der Waals surface area contributed by atoms with Gasteiger partial charge in [-0.25, -0.2) is 0 Å². The Morgan fingerprint density at radius 2 is 1.46 bits per heavy atom. The van der Waals surface area contributed by atoms with E-state index >= 15 is 0 Å². The van der Waals surface area contributed by atoms with Crippen LogP contribution in [-0.2, 0) is 5.75 Å². The van der Waals surface area contributed by atoms with Crippen molar-refractivity contribution in [2.24, 2.45) is 0 Å². The molecule has 0 amide bonds. The number of hydrogen-bond acceptors (Lipinski definition) is 3. The van der Waals surface area contributed by atoms with E-state index in [0.717, 1.165) is 50.1 Å². The van der Waals surface area contributed by atoms with Gasteiger partial charge in [0.15, 0.2) is 11.0 Å². The van der Waals surface area contributed by atoms with Crippen LogP contribution in [0.2, 0.25) is 5.02 Å². The zero-order chi connectivity index (χ0) is 23.6. The molecule has 0 bridgehead atoms. The van der Waals surface area contributed by atoms with E-state index in [1.165, 1.54) is 5.56 Å². The molecule has 1 N–H and O–H groups in total. The van der Waals surface area contributed by atoms with Crippen molar-refractivity contribution in [1.29, 1.82) is 0 Å². The van der Waals surface area contributed by atoms with Crippen molar-refractivity contribution in [3.63, 3.8) is 0 Å². The second-order valence-electron chi connectivity index (χ2n) is 8.18. The minimum atomic E-state index is 0.698. The first kappa shape index (κ1) is 21.7. The molecule has 0 spiro atoms. The maximum Gasteiger partial charge on any atom is 0.196 e. The van der Waals surface area contributed by atoms with Crippen LogP contribution in [0.5, 0.6) is 0 Å². The van der Waals surface area contributed by atoms with Crippen LogP contribution >= 0.6 is 23.4 Å². The van der Waals surface area contributed by atoms with Crippen molar-refractivity contribution < 1.29 is 0 Å². The number of hydrogen-bond donors (Lipinski definition) is 1. The number of thioether (sulfide) groups is 1. The fourth-order valence-electron chi connectivity index (χ4n) is 4.29. The van der Waals surface area contributed by atoms with E-state index < -0.39 is 0 Å². The largest absolute Gasteiger partial charge is 0.351 e. The molecular weight excluding hydrogens is 472 g/mol. The Balaban J connectivity index is 1.55. The predicted molar refractivity (Wildman–Crippen MR) is 145 cm³/mol. The highest BCUT2D eigenvalue weighted by Gasteiger charge is 2.23. The molecule has 0 aliphatic rings. The Morgan fingerprint density at radius 1 is 0.771 bits per heavy atom. The fraction of sp³-hybridized carbons (Fsp3) is 0.0345. The molecule has 6 rings (SSSR count). The van der Waals surface area contributed by atoms with Gasteiger partial charge in [0.25, 0.3) is 0 Å². The first-order valence-corrected chi connectivity index (χ1v) is 12.7. The lowest BCUT2D eigenvalue weighted by Crippen LogP contribution is -2.00. The Labute approximate surface area is 212 Å². The van der Waals surface area contributed by atoms with Crippen molar-refractivity contribution in [2.75, 3.05) is 0 Å². The van der Waals surface area contributed by atoms with Crippen LogP contribution in [0.15, 0.2) is 114 Å². The fourth-order valence-corrected chi connectivity index (χ4v) is 5.37. The smallest absolute Gasteiger partial charge is 0.196 e. The quantitative estimate of drug-likeness (QED) is 0.239. The second kappa shape index (κ2) is 9.45. The number of benzene rings is 4. The van der Waals surface area contributed by atoms with Gasteiger partial charge in [-0.05, 0) is 41.5 Å². The molecule has 0 fully saturated rings. The summed E-state index contributed by atoms with van der Waals surface area (Å²) in [6.45, 7) is 0. The molecule has 2 heterocycles. The highest BCUT2D eigenvalue weighted by molar-refractivity contribution is 7.98. The van der Waals surface area contributed by atoms with Gasteiger partial charge < -0.3 is 4.98 Å². The topological polar surface area (TPSA) is 46.5 Å². The van der Waals surface area contributed by atoms with Gasteiger partial charge in [-0.1, -0.05) is 102 Å². The molecule has 0 saturated heterocycles. The lowest BCUT2D eigenvalue weighted by Gasteiger charge is -2.11. The van der Waals surface area contributed by atoms with Gasteiger partial charge >= 0.3 is 0 Å². The Bertz CT molecular complexity index is 1590. The van der Waals surface area contributed by atoms with Crippen LogP contribution in [0.3, 0.4) is 0 Å². The average Bonchev–Trinajstić information content (AvgIpc) is 3.50. The maximum atomic E-state index is 6.41. The number of rotatable bonds is 6. The monoisotopic (exact) mass is 492 g/mol. The molecule has 0 radical (unpaired) electrons. The lowest BCUT2D eigenvalue weighted by molar-refractivity contribution is 0.885. The minimum Gasteiger partial charge on any atom is -0.351 e. The summed E-state index contributed by atoms with van der Waals surface area (Å²) in [7, 11) is 0. The molecule has 6 heteroatoms. The number of H-pyrrole nitrogens is 1. The Morgan fingerprint density at radius 3 is 2.20 bits per heavy atom. The molecule has 0 aliphatic heterocycles. The number of aromatic amines is 1. The van der Waals surface area contributed by atoms with E-state index in [9.17, 15) is 0 Å². The van der Waals surface area contributed by atoms with Crippen LogP contribution < -0.4 is 0 Å². The highest BCUT2D eigenvalue weighted by atomic mass is 35.5. The summed E-state index contributed by atoms with van der Waals surface area (Å²) in [5.41, 5.74) is 6.33. The third-order valence-electron chi connectivity index (χ3n) is 5.91. The van der Waals surface area contributed by atoms with Gasteiger partial charge in [-0.15, -0.1) is 10.2 Å². The first-order chi connectivity index (χ1) is 17.3.